The van der Waals surface area contributed by atoms with Crippen LogP contribution in [0.1, 0.15) is 31.0 Å². The monoisotopic (exact) mass is 684 g/mol. The molecule has 2 aromatic rings. The van der Waals surface area contributed by atoms with Crippen molar-refractivity contribution >= 4 is 63.9 Å². The van der Waals surface area contributed by atoms with E-state index in [0.717, 1.165) is 0 Å². The molecule has 0 saturated carbocycles. The minimum Gasteiger partial charge on any atom is -0.508 e. The number of benzene rings is 2. The Bertz CT molecular complexity index is 1320. The number of carbonyl (C=O) groups is 4. The Hall–Kier alpha value is -3.60. The molecule has 3 amide bonds. The van der Waals surface area contributed by atoms with Crippen LogP contribution in [-0.4, -0.2) is 65.6 Å². The number of rotatable bonds is 9. The quantitative estimate of drug-likeness (QED) is 0.0889. The van der Waals surface area contributed by atoms with Gasteiger partial charge in [0, 0.05) is 16.9 Å². The molecule has 4 atom stereocenters. The maximum absolute atomic E-state index is 13.2. The van der Waals surface area contributed by atoms with E-state index in [0.29, 0.717) is 11.1 Å². The van der Waals surface area contributed by atoms with E-state index in [-0.39, 0.29) is 22.7 Å². The van der Waals surface area contributed by atoms with Crippen molar-refractivity contribution in [1.29, 1.82) is 0 Å². The van der Waals surface area contributed by atoms with E-state index in [1.54, 1.807) is 13.8 Å². The molecule has 2 aromatic carbocycles. The number of alkyl carbamates (subject to hydrolysis) is 1. The van der Waals surface area contributed by atoms with Crippen molar-refractivity contribution in [2.45, 2.75) is 48.7 Å². The van der Waals surface area contributed by atoms with E-state index in [9.17, 15) is 34.4 Å². The van der Waals surface area contributed by atoms with Crippen LogP contribution in [0.2, 0.25) is 0 Å². The molecule has 2 unspecified atom stereocenters. The van der Waals surface area contributed by atoms with Crippen molar-refractivity contribution in [3.05, 3.63) is 69.8 Å². The van der Waals surface area contributed by atoms with E-state index >= 15 is 0 Å². The first kappa shape index (κ1) is 29.4. The number of thioether (sulfide) groups is 1. The van der Waals surface area contributed by atoms with Gasteiger partial charge in [-0.1, -0.05) is 12.1 Å². The molecule has 0 aromatic heterocycles. The minimum absolute atomic E-state index is 0.0290. The number of carbonyl (C=O) groups excluding carboxylic acids is 4. The summed E-state index contributed by atoms with van der Waals surface area (Å²) < 4.78 is 9.65. The molecule has 13 nitrogen and oxygen atoms in total. The number of fused-ring (bicyclic) bond motifs is 1. The molecule has 2 heterocycles. The summed E-state index contributed by atoms with van der Waals surface area (Å²) in [5, 5.41) is 25.0. The Morgan fingerprint density at radius 1 is 1.15 bits per heavy atom. The summed E-state index contributed by atoms with van der Waals surface area (Å²) in [6, 6.07) is 8.14. The van der Waals surface area contributed by atoms with Crippen LogP contribution in [0.5, 0.6) is 5.75 Å². The van der Waals surface area contributed by atoms with Gasteiger partial charge in [-0.15, -0.1) is 11.8 Å². The van der Waals surface area contributed by atoms with Crippen LogP contribution in [0, 0.1) is 10.1 Å². The van der Waals surface area contributed by atoms with Crippen LogP contribution in [0.25, 0.3) is 0 Å². The number of hydrogen-bond donors (Lipinski definition) is 3. The van der Waals surface area contributed by atoms with Gasteiger partial charge in [-0.05, 0) is 71.8 Å². The van der Waals surface area contributed by atoms with E-state index in [2.05, 4.69) is 10.6 Å². The van der Waals surface area contributed by atoms with Crippen LogP contribution in [0.15, 0.2) is 48.5 Å². The molecule has 4 rings (SSSR count). The zero-order valence-corrected chi connectivity index (χ0v) is 24.2. The Morgan fingerprint density at radius 3 is 2.40 bits per heavy atom. The van der Waals surface area contributed by atoms with Gasteiger partial charge in [0.15, 0.2) is 0 Å². The Morgan fingerprint density at radius 2 is 1.80 bits per heavy atom. The molecule has 212 valence electrons. The van der Waals surface area contributed by atoms with Gasteiger partial charge in [-0.2, -0.15) is 0 Å². The zero-order chi connectivity index (χ0) is 29.2. The number of hydrogen-bond acceptors (Lipinski definition) is 10. The number of esters is 1. The SMILES string of the molecule is CC1(C)S[C@@H]2C(NC(=O)C(NC(=O)OCI)c3ccc(O)cc3)C(=O)N2[C@H]1C(=O)OCc1ccc([N+](=O)[O-])cc1. The number of amides is 3. The Kier molecular flexibility index (Phi) is 8.72. The fourth-order valence-electron chi connectivity index (χ4n) is 4.49. The molecule has 0 bridgehead atoms. The summed E-state index contributed by atoms with van der Waals surface area (Å²) >= 11 is 3.17. The molecular formula is C25H25IN4O9S. The second-order valence-electron chi connectivity index (χ2n) is 9.49. The van der Waals surface area contributed by atoms with Crippen LogP contribution >= 0.6 is 34.4 Å². The van der Waals surface area contributed by atoms with Crippen molar-refractivity contribution in [1.82, 2.24) is 15.5 Å². The molecule has 15 heteroatoms. The van der Waals surface area contributed by atoms with Crippen molar-refractivity contribution in [2.75, 3.05) is 4.61 Å². The van der Waals surface area contributed by atoms with E-state index in [4.69, 9.17) is 9.47 Å². The van der Waals surface area contributed by atoms with Gasteiger partial charge in [0.1, 0.15) is 40.5 Å². The van der Waals surface area contributed by atoms with Gasteiger partial charge >= 0.3 is 12.1 Å². The number of nitrogens with one attached hydrogen (secondary N) is 2. The van der Waals surface area contributed by atoms with Gasteiger partial charge in [-0.25, -0.2) is 9.59 Å². The van der Waals surface area contributed by atoms with Crippen molar-refractivity contribution in [2.24, 2.45) is 0 Å². The van der Waals surface area contributed by atoms with Crippen molar-refractivity contribution < 1.29 is 38.7 Å². The Balaban J connectivity index is 1.43. The van der Waals surface area contributed by atoms with Gasteiger partial charge < -0.3 is 30.1 Å². The lowest BCUT2D eigenvalue weighted by Gasteiger charge is -2.44. The molecule has 2 fully saturated rings. The normalized spacial score (nSPS) is 21.4. The first-order valence-electron chi connectivity index (χ1n) is 11.9. The first-order valence-corrected chi connectivity index (χ1v) is 14.3. The van der Waals surface area contributed by atoms with Crippen LogP contribution in [-0.2, 0) is 30.5 Å². The molecule has 0 spiro atoms. The standard InChI is InChI=1S/C25H25IN4O9S/c1-25(2)19(23(34)38-11-13-3-7-15(8-4-13)30(36)37)29-21(33)18(22(29)40-25)27-20(32)17(28-24(35)39-12-26)14-5-9-16(31)10-6-14/h3-10,17-19,22,31H,11-12H2,1-2H3,(H,27,32)(H,28,35)/t17?,18?,19-,22+/m0/s1. The summed E-state index contributed by atoms with van der Waals surface area (Å²) in [5.41, 5.74) is 0.819. The summed E-state index contributed by atoms with van der Waals surface area (Å²) in [5.74, 6) is -1.81. The lowest BCUT2D eigenvalue weighted by Crippen LogP contribution is -2.71. The third-order valence-corrected chi connectivity index (χ3v) is 8.31. The molecule has 2 saturated heterocycles. The second kappa shape index (κ2) is 11.9. The third kappa shape index (κ3) is 6.09. The molecular weight excluding hydrogens is 659 g/mol. The molecule has 0 aliphatic carbocycles. The smallest absolute Gasteiger partial charge is 0.408 e. The number of aromatic hydroxyl groups is 1. The van der Waals surface area contributed by atoms with Crippen LogP contribution in [0.3, 0.4) is 0 Å². The number of β-lactam (4-membered cyclic amide) rings is 1. The summed E-state index contributed by atoms with van der Waals surface area (Å²) in [4.78, 5) is 63.3. The molecule has 2 aliphatic heterocycles. The van der Waals surface area contributed by atoms with Gasteiger partial charge in [0.2, 0.25) is 11.8 Å². The number of nitro benzene ring substituents is 1. The predicted molar refractivity (Wildman–Crippen MR) is 150 cm³/mol. The van der Waals surface area contributed by atoms with Gasteiger partial charge in [0.05, 0.1) is 4.92 Å². The van der Waals surface area contributed by atoms with Crippen LogP contribution < -0.4 is 10.6 Å². The predicted octanol–water partition coefficient (Wildman–Crippen LogP) is 2.75. The largest absolute Gasteiger partial charge is 0.508 e. The molecule has 3 N–H and O–H groups in total. The average molecular weight is 684 g/mol. The number of ether oxygens (including phenoxy) is 2. The second-order valence-corrected chi connectivity index (χ2v) is 11.9. The van der Waals surface area contributed by atoms with E-state index < -0.39 is 57.0 Å². The van der Waals surface area contributed by atoms with Crippen molar-refractivity contribution in [3.63, 3.8) is 0 Å². The highest BCUT2D eigenvalue weighted by molar-refractivity contribution is 14.1. The third-order valence-electron chi connectivity index (χ3n) is 6.43. The first-order chi connectivity index (χ1) is 18.9. The topological polar surface area (TPSA) is 177 Å². The molecule has 40 heavy (non-hydrogen) atoms. The maximum Gasteiger partial charge on any atom is 0.408 e. The van der Waals surface area contributed by atoms with E-state index in [1.807, 2.05) is 22.6 Å². The van der Waals surface area contributed by atoms with E-state index in [1.165, 1.54) is 65.2 Å². The zero-order valence-electron chi connectivity index (χ0n) is 21.2. The number of non-ortho nitro benzene ring substituents is 1. The van der Waals surface area contributed by atoms with Crippen LogP contribution in [0.4, 0.5) is 10.5 Å². The minimum atomic E-state index is -1.21. The summed E-state index contributed by atoms with van der Waals surface area (Å²) in [7, 11) is 0. The highest BCUT2D eigenvalue weighted by Crippen LogP contribution is 2.51. The molecule has 0 radical (unpaired) electrons. The summed E-state index contributed by atoms with van der Waals surface area (Å²) in [6.07, 6.45) is -0.837. The highest BCUT2D eigenvalue weighted by atomic mass is 127. The maximum atomic E-state index is 13.2. The number of nitrogens with zero attached hydrogens (tertiary/aromatic N) is 2. The molecule has 2 aliphatic rings. The lowest BCUT2D eigenvalue weighted by molar-refractivity contribution is -0.384. The number of alkyl halides is 1. The number of phenols is 1. The van der Waals surface area contributed by atoms with Crippen molar-refractivity contribution in [3.8, 4) is 5.75 Å². The Labute approximate surface area is 246 Å². The lowest BCUT2D eigenvalue weighted by atomic mass is 9.95. The summed E-state index contributed by atoms with van der Waals surface area (Å²) in [6.45, 7) is 3.45. The number of phenolic OH excluding ortho intramolecular Hbond substituents is 1. The van der Waals surface area contributed by atoms with Gasteiger partial charge in [-0.3, -0.25) is 19.7 Å². The van der Waals surface area contributed by atoms with Gasteiger partial charge in [0.25, 0.3) is 5.69 Å². The fraction of sp³-hybridized carbons (Fsp3) is 0.360. The number of nitro groups is 1. The highest BCUT2D eigenvalue weighted by Gasteiger charge is 2.64. The average Bonchev–Trinajstić information content (AvgIpc) is 3.17. The number of halogens is 1. The fourth-order valence-corrected chi connectivity index (χ4v) is 6.39.